The van der Waals surface area contributed by atoms with Crippen LogP contribution < -0.4 is 5.69 Å². The summed E-state index contributed by atoms with van der Waals surface area (Å²) in [4.78, 5) is 47.7. The number of nitrogens with zero attached hydrogens (tertiary/aromatic N) is 6. The van der Waals surface area contributed by atoms with Crippen molar-refractivity contribution < 1.29 is 29.3 Å². The van der Waals surface area contributed by atoms with Crippen molar-refractivity contribution in [2.24, 2.45) is 0 Å². The highest BCUT2D eigenvalue weighted by Gasteiger charge is 2.28. The molecule has 0 aliphatic carbocycles. The van der Waals surface area contributed by atoms with E-state index in [1.54, 1.807) is 28.0 Å². The number of para-hydroxylation sites is 1. The lowest BCUT2D eigenvalue weighted by Crippen LogP contribution is -2.50. The quantitative estimate of drug-likeness (QED) is 0.165. The van der Waals surface area contributed by atoms with Gasteiger partial charge in [0, 0.05) is 73.0 Å². The van der Waals surface area contributed by atoms with Crippen molar-refractivity contribution in [2.45, 2.75) is 39.2 Å². The van der Waals surface area contributed by atoms with Gasteiger partial charge in [-0.3, -0.25) is 4.79 Å². The average molecular weight is 766 g/mol. The summed E-state index contributed by atoms with van der Waals surface area (Å²) in [7, 11) is 0. The van der Waals surface area contributed by atoms with Gasteiger partial charge in [-0.05, 0) is 59.9 Å². The Balaban J connectivity index is 0.816. The number of hydrogen-bond acceptors (Lipinski definition) is 9. The van der Waals surface area contributed by atoms with Crippen molar-refractivity contribution in [2.75, 3.05) is 26.2 Å². The number of phenols is 2. The molecule has 1 fully saturated rings. The Morgan fingerprint density at radius 1 is 0.895 bits per heavy atom. The van der Waals surface area contributed by atoms with E-state index in [4.69, 9.17) is 14.5 Å². The van der Waals surface area contributed by atoms with E-state index in [1.807, 2.05) is 73.1 Å². The minimum Gasteiger partial charge on any atom is -0.508 e. The molecule has 2 amide bonds. The third kappa shape index (κ3) is 6.58. The zero-order valence-corrected chi connectivity index (χ0v) is 31.3. The molecule has 9 rings (SSSR count). The summed E-state index contributed by atoms with van der Waals surface area (Å²) < 4.78 is 15.0. The molecule has 0 saturated carbocycles. The number of aromatic amines is 1. The molecule has 0 atom stereocenters. The highest BCUT2D eigenvalue weighted by molar-refractivity contribution is 6.01. The molecular weight excluding hydrogens is 727 g/mol. The molecule has 4 aromatic heterocycles. The van der Waals surface area contributed by atoms with Crippen molar-refractivity contribution in [1.82, 2.24) is 33.9 Å². The van der Waals surface area contributed by atoms with Gasteiger partial charge in [0.05, 0.1) is 27.8 Å². The molecule has 0 radical (unpaired) electrons. The molecule has 14 nitrogen and oxygen atoms in total. The van der Waals surface area contributed by atoms with E-state index in [0.29, 0.717) is 61.8 Å². The van der Waals surface area contributed by atoms with Gasteiger partial charge in [-0.2, -0.15) is 5.10 Å². The number of H-pyrrole nitrogens is 1. The second kappa shape index (κ2) is 14.2. The van der Waals surface area contributed by atoms with Crippen molar-refractivity contribution in [3.05, 3.63) is 124 Å². The molecule has 0 spiro atoms. The van der Waals surface area contributed by atoms with Gasteiger partial charge in [0.15, 0.2) is 11.6 Å². The van der Waals surface area contributed by atoms with Gasteiger partial charge < -0.3 is 33.9 Å². The number of aryl methyl sites for hydroxylation is 1. The molecule has 2 aliphatic heterocycles. The van der Waals surface area contributed by atoms with Crippen LogP contribution in [-0.4, -0.2) is 82.3 Å². The number of ether oxygens (including phenoxy) is 2. The van der Waals surface area contributed by atoms with E-state index in [1.165, 1.54) is 16.9 Å². The summed E-state index contributed by atoms with van der Waals surface area (Å²) in [6.45, 7) is 5.60. The number of piperazine rings is 1. The molecule has 0 unspecified atom stereocenters. The summed E-state index contributed by atoms with van der Waals surface area (Å²) in [5.74, 6) is 0.254. The van der Waals surface area contributed by atoms with Crippen LogP contribution in [-0.2, 0) is 27.3 Å². The predicted molar refractivity (Wildman–Crippen MR) is 213 cm³/mol. The third-order valence-corrected chi connectivity index (χ3v) is 10.8. The smallest absolute Gasteiger partial charge is 0.415 e. The maximum absolute atomic E-state index is 13.4. The molecule has 7 aromatic rings. The molecule has 3 aromatic carbocycles. The highest BCUT2D eigenvalue weighted by atomic mass is 16.6. The molecule has 0 bridgehead atoms. The number of pyridine rings is 2. The number of hydrogen-bond donors (Lipinski definition) is 3. The fourth-order valence-electron chi connectivity index (χ4n) is 7.66. The van der Waals surface area contributed by atoms with Crippen LogP contribution in [0.1, 0.15) is 48.4 Å². The van der Waals surface area contributed by atoms with Crippen LogP contribution in [0.3, 0.4) is 0 Å². The van der Waals surface area contributed by atoms with E-state index < -0.39 is 11.8 Å². The molecule has 1 saturated heterocycles. The first-order chi connectivity index (χ1) is 27.6. The monoisotopic (exact) mass is 765 g/mol. The number of fused-ring (bicyclic) bond motifs is 5. The van der Waals surface area contributed by atoms with Crippen LogP contribution >= 0.6 is 0 Å². The Kier molecular flexibility index (Phi) is 8.87. The number of benzene rings is 3. The van der Waals surface area contributed by atoms with Crippen LogP contribution in [0.25, 0.3) is 50.2 Å². The van der Waals surface area contributed by atoms with Crippen molar-refractivity contribution in [1.29, 1.82) is 0 Å². The van der Waals surface area contributed by atoms with Gasteiger partial charge in [-0.25, -0.2) is 24.2 Å². The Bertz CT molecular complexity index is 2810. The second-order valence-corrected chi connectivity index (χ2v) is 14.7. The number of aromatic nitrogens is 5. The van der Waals surface area contributed by atoms with Crippen LogP contribution in [0, 0.1) is 0 Å². The second-order valence-electron chi connectivity index (χ2n) is 14.7. The lowest BCUT2D eigenvalue weighted by molar-refractivity contribution is -0.132. The summed E-state index contributed by atoms with van der Waals surface area (Å²) in [5.41, 5.74) is 6.19. The van der Waals surface area contributed by atoms with Gasteiger partial charge in [-0.15, -0.1) is 0 Å². The largest absolute Gasteiger partial charge is 0.508 e. The Labute approximate surface area is 325 Å². The predicted octanol–water partition coefficient (Wildman–Crippen LogP) is 6.46. The maximum atomic E-state index is 13.4. The fourth-order valence-corrected chi connectivity index (χ4v) is 7.66. The Morgan fingerprint density at radius 2 is 1.67 bits per heavy atom. The van der Waals surface area contributed by atoms with E-state index in [-0.39, 0.29) is 35.6 Å². The van der Waals surface area contributed by atoms with Crippen LogP contribution in [0.5, 0.6) is 11.5 Å². The van der Waals surface area contributed by atoms with Gasteiger partial charge in [-0.1, -0.05) is 44.2 Å². The van der Waals surface area contributed by atoms with E-state index in [0.717, 1.165) is 44.0 Å². The first-order valence-corrected chi connectivity index (χ1v) is 18.8. The number of rotatable bonds is 7. The number of amides is 2. The van der Waals surface area contributed by atoms with E-state index in [9.17, 15) is 24.6 Å². The zero-order chi connectivity index (χ0) is 39.4. The van der Waals surface area contributed by atoms with Gasteiger partial charge in [0.1, 0.15) is 24.4 Å². The normalized spacial score (nSPS) is 14.3. The maximum Gasteiger partial charge on any atom is 0.415 e. The number of aromatic hydroxyl groups is 2. The summed E-state index contributed by atoms with van der Waals surface area (Å²) in [6, 6.07) is 22.2. The van der Waals surface area contributed by atoms with Crippen LogP contribution in [0.2, 0.25) is 0 Å². The summed E-state index contributed by atoms with van der Waals surface area (Å²) >= 11 is 0. The molecule has 6 heterocycles. The Hall–Kier alpha value is -7.09. The topological polar surface area (TPSA) is 168 Å². The molecule has 288 valence electrons. The van der Waals surface area contributed by atoms with E-state index in [2.05, 4.69) is 16.3 Å². The number of carbonyl (C=O) groups is 2. The standard InChI is InChI=1S/C43H39N7O7/c1-25(2)31-18-33(37(52)20-36(31)51)41-45-46-42(54)50(41)30-10-7-26(8-11-30)9-12-39(53)47-13-15-48(16-14-47)43(55)57-38-24-56-23-29-22-49-21-28-17-27-5-3-4-6-34(27)44-40(28)35(49)19-32(29)38/h3-8,10-11,17-22,24-25,51-52H,9,12-16,23H2,1-2H3,(H,46,54). The van der Waals surface area contributed by atoms with Gasteiger partial charge in [0.2, 0.25) is 5.91 Å². The van der Waals surface area contributed by atoms with Crippen molar-refractivity contribution in [3.8, 4) is 28.6 Å². The molecule has 57 heavy (non-hydrogen) atoms. The molecular formula is C43H39N7O7. The first kappa shape index (κ1) is 35.6. The molecule has 2 aliphatic rings. The Morgan fingerprint density at radius 3 is 2.46 bits per heavy atom. The third-order valence-electron chi connectivity index (χ3n) is 10.8. The first-order valence-electron chi connectivity index (χ1n) is 18.8. The lowest BCUT2D eigenvalue weighted by atomic mass is 9.98. The average Bonchev–Trinajstić information content (AvgIpc) is 3.77. The van der Waals surface area contributed by atoms with Crippen LogP contribution in [0.4, 0.5) is 4.79 Å². The summed E-state index contributed by atoms with van der Waals surface area (Å²) in [6.07, 6.45) is 5.76. The van der Waals surface area contributed by atoms with Crippen molar-refractivity contribution in [3.63, 3.8) is 0 Å². The number of phenolic OH excluding ortho intramolecular Hbond substituents is 2. The lowest BCUT2D eigenvalue weighted by Gasteiger charge is -2.34. The van der Waals surface area contributed by atoms with Gasteiger partial charge in [0.25, 0.3) is 0 Å². The summed E-state index contributed by atoms with van der Waals surface area (Å²) in [5, 5.41) is 29.6. The van der Waals surface area contributed by atoms with E-state index >= 15 is 0 Å². The van der Waals surface area contributed by atoms with Crippen LogP contribution in [0.15, 0.2) is 96.2 Å². The number of nitrogens with one attached hydrogen (secondary N) is 1. The van der Waals surface area contributed by atoms with Crippen molar-refractivity contribution >= 4 is 45.1 Å². The highest BCUT2D eigenvalue weighted by Crippen LogP contribution is 2.37. The number of carbonyl (C=O) groups excluding carboxylic acids is 2. The SMILES string of the molecule is CC(C)c1cc(-c2n[nH]c(=O)n2-c2ccc(CCC(=O)N3CCN(C(=O)OC4=COCc5cn6cc7cc8ccccc8nc7c6cc54)CC3)cc2)c(O)cc1O. The van der Waals surface area contributed by atoms with Gasteiger partial charge >= 0.3 is 11.8 Å². The minimum absolute atomic E-state index is 0.0219. The molecule has 14 heteroatoms. The zero-order valence-electron chi connectivity index (χ0n) is 31.3. The minimum atomic E-state index is -0.505. The fraction of sp³-hybridized carbons (Fsp3) is 0.233. The molecule has 3 N–H and O–H groups in total.